The molecule has 1 atom stereocenters. The SMILES string of the molecule is CCCOC(=O)c1c(NC(=O)[C@@]2(C)CC2(Cl)Cl)sc(C)c1-c1ccccc1. The normalized spacial score (nSPS) is 20.2. The highest BCUT2D eigenvalue weighted by molar-refractivity contribution is 7.17. The Balaban J connectivity index is 2.01. The first-order valence-electron chi connectivity index (χ1n) is 8.76. The van der Waals surface area contributed by atoms with Crippen LogP contribution in [0.15, 0.2) is 30.3 Å². The van der Waals surface area contributed by atoms with E-state index in [-0.39, 0.29) is 5.91 Å². The number of carbonyl (C=O) groups is 2. The first kappa shape index (κ1) is 20.2. The van der Waals surface area contributed by atoms with E-state index < -0.39 is 15.7 Å². The minimum absolute atomic E-state index is 0.294. The number of halogens is 2. The zero-order valence-electron chi connectivity index (χ0n) is 15.4. The van der Waals surface area contributed by atoms with Crippen molar-refractivity contribution in [3.05, 3.63) is 40.8 Å². The summed E-state index contributed by atoms with van der Waals surface area (Å²) in [5, 5.41) is 3.33. The van der Waals surface area contributed by atoms with Crippen LogP contribution in [0.25, 0.3) is 11.1 Å². The number of nitrogens with one attached hydrogen (secondary N) is 1. The summed E-state index contributed by atoms with van der Waals surface area (Å²) in [4.78, 5) is 26.4. The summed E-state index contributed by atoms with van der Waals surface area (Å²) in [6.07, 6.45) is 1.09. The van der Waals surface area contributed by atoms with Crippen LogP contribution in [-0.4, -0.2) is 22.8 Å². The second kappa shape index (κ2) is 7.46. The van der Waals surface area contributed by atoms with Crippen molar-refractivity contribution < 1.29 is 14.3 Å². The van der Waals surface area contributed by atoms with E-state index in [4.69, 9.17) is 27.9 Å². The Kier molecular flexibility index (Phi) is 5.57. The lowest BCUT2D eigenvalue weighted by atomic mass is 10.0. The summed E-state index contributed by atoms with van der Waals surface area (Å²) in [6.45, 7) is 5.89. The number of esters is 1. The molecule has 27 heavy (non-hydrogen) atoms. The van der Waals surface area contributed by atoms with Gasteiger partial charge in [-0.3, -0.25) is 4.79 Å². The summed E-state index contributed by atoms with van der Waals surface area (Å²) in [6, 6.07) is 9.60. The fraction of sp³-hybridized carbons (Fsp3) is 0.400. The van der Waals surface area contributed by atoms with Crippen molar-refractivity contribution in [2.24, 2.45) is 5.41 Å². The predicted molar refractivity (Wildman–Crippen MR) is 111 cm³/mol. The standard InChI is InChI=1S/C20H21Cl2NO3S/c1-4-10-26-17(24)15-14(13-8-6-5-7-9-13)12(2)27-16(15)23-18(25)19(3)11-20(19,21)22/h5-9H,4,10-11H2,1-3H3,(H,23,25)/t19-/m1/s1. The summed E-state index contributed by atoms with van der Waals surface area (Å²) in [7, 11) is 0. The third kappa shape index (κ3) is 3.73. The highest BCUT2D eigenvalue weighted by atomic mass is 35.5. The van der Waals surface area contributed by atoms with Crippen LogP contribution in [-0.2, 0) is 9.53 Å². The molecule has 144 valence electrons. The minimum atomic E-state index is -1.07. The van der Waals surface area contributed by atoms with Crippen molar-refractivity contribution in [3.63, 3.8) is 0 Å². The van der Waals surface area contributed by atoms with Crippen LogP contribution in [0.1, 0.15) is 41.9 Å². The van der Waals surface area contributed by atoms with E-state index in [2.05, 4.69) is 5.32 Å². The van der Waals surface area contributed by atoms with Gasteiger partial charge in [-0.1, -0.05) is 37.3 Å². The van der Waals surface area contributed by atoms with Crippen LogP contribution in [0.4, 0.5) is 5.00 Å². The highest BCUT2D eigenvalue weighted by Crippen LogP contribution is 2.64. The Morgan fingerprint density at radius 3 is 2.44 bits per heavy atom. The number of thiophene rings is 1. The Morgan fingerprint density at radius 2 is 1.89 bits per heavy atom. The maximum atomic E-state index is 12.8. The van der Waals surface area contributed by atoms with Crippen molar-refractivity contribution in [1.29, 1.82) is 0 Å². The van der Waals surface area contributed by atoms with E-state index in [0.717, 1.165) is 22.4 Å². The van der Waals surface area contributed by atoms with Gasteiger partial charge in [-0.25, -0.2) is 4.79 Å². The summed E-state index contributed by atoms with van der Waals surface area (Å²) >= 11 is 13.6. The fourth-order valence-electron chi connectivity index (χ4n) is 2.93. The number of amides is 1. The molecule has 0 spiro atoms. The lowest BCUT2D eigenvalue weighted by Crippen LogP contribution is -2.26. The lowest BCUT2D eigenvalue weighted by molar-refractivity contribution is -0.120. The molecule has 1 saturated carbocycles. The Bertz CT molecular complexity index is 879. The van der Waals surface area contributed by atoms with E-state index in [9.17, 15) is 9.59 Å². The number of rotatable bonds is 6. The molecule has 1 N–H and O–H groups in total. The maximum Gasteiger partial charge on any atom is 0.341 e. The van der Waals surface area contributed by atoms with Gasteiger partial charge in [0.2, 0.25) is 5.91 Å². The van der Waals surface area contributed by atoms with Crippen LogP contribution in [0.2, 0.25) is 0 Å². The van der Waals surface area contributed by atoms with Gasteiger partial charge >= 0.3 is 5.97 Å². The molecule has 7 heteroatoms. The monoisotopic (exact) mass is 425 g/mol. The molecule has 2 aromatic rings. The molecule has 4 nitrogen and oxygen atoms in total. The zero-order chi connectivity index (χ0) is 19.8. The Hall–Kier alpha value is -1.56. The number of ether oxygens (including phenoxy) is 1. The molecule has 1 fully saturated rings. The molecule has 0 radical (unpaired) electrons. The van der Waals surface area contributed by atoms with Crippen LogP contribution in [0.5, 0.6) is 0 Å². The maximum absolute atomic E-state index is 12.8. The van der Waals surface area contributed by atoms with Crippen LogP contribution < -0.4 is 5.32 Å². The van der Waals surface area contributed by atoms with Crippen molar-refractivity contribution in [1.82, 2.24) is 0 Å². The molecule has 3 rings (SSSR count). The molecule has 1 aromatic heterocycles. The van der Waals surface area contributed by atoms with Crippen molar-refractivity contribution in [2.75, 3.05) is 11.9 Å². The van der Waals surface area contributed by atoms with Gasteiger partial charge in [-0.05, 0) is 32.3 Å². The summed E-state index contributed by atoms with van der Waals surface area (Å²) < 4.78 is 4.31. The number of aryl methyl sites for hydroxylation is 1. The molecular weight excluding hydrogens is 405 g/mol. The number of anilines is 1. The van der Waals surface area contributed by atoms with E-state index in [1.165, 1.54) is 11.3 Å². The number of benzene rings is 1. The van der Waals surface area contributed by atoms with Gasteiger partial charge in [0.1, 0.15) is 14.9 Å². The molecule has 0 saturated heterocycles. The molecule has 1 aliphatic carbocycles. The highest BCUT2D eigenvalue weighted by Gasteiger charge is 2.68. The van der Waals surface area contributed by atoms with Gasteiger partial charge in [0.15, 0.2) is 0 Å². The Morgan fingerprint density at radius 1 is 1.26 bits per heavy atom. The number of carbonyl (C=O) groups excluding carboxylic acids is 2. The Labute approximate surface area is 172 Å². The third-order valence-corrected chi connectivity index (χ3v) is 6.90. The van der Waals surface area contributed by atoms with Crippen molar-refractivity contribution >= 4 is 51.4 Å². The zero-order valence-corrected chi connectivity index (χ0v) is 17.7. The topological polar surface area (TPSA) is 55.4 Å². The average Bonchev–Trinajstić information content (AvgIpc) is 2.99. The van der Waals surface area contributed by atoms with E-state index in [1.54, 1.807) is 6.92 Å². The molecular formula is C20H21Cl2NO3S. The molecule has 1 amide bonds. The van der Waals surface area contributed by atoms with Crippen LogP contribution >= 0.6 is 34.5 Å². The summed E-state index contributed by atoms with van der Waals surface area (Å²) in [5.41, 5.74) is 1.19. The van der Waals surface area contributed by atoms with Gasteiger partial charge in [0, 0.05) is 10.4 Å². The van der Waals surface area contributed by atoms with Gasteiger partial charge < -0.3 is 10.1 Å². The molecule has 0 bridgehead atoms. The largest absolute Gasteiger partial charge is 0.462 e. The van der Waals surface area contributed by atoms with Crippen molar-refractivity contribution in [2.45, 2.75) is 37.9 Å². The quantitative estimate of drug-likeness (QED) is 0.468. The van der Waals surface area contributed by atoms with E-state index in [0.29, 0.717) is 23.6 Å². The van der Waals surface area contributed by atoms with Gasteiger partial charge in [-0.15, -0.1) is 34.5 Å². The van der Waals surface area contributed by atoms with Gasteiger partial charge in [-0.2, -0.15) is 0 Å². The second-order valence-corrected chi connectivity index (χ2v) is 9.62. The molecule has 1 heterocycles. The smallest absolute Gasteiger partial charge is 0.341 e. The molecule has 1 aliphatic rings. The number of hydrogen-bond acceptors (Lipinski definition) is 4. The van der Waals surface area contributed by atoms with Crippen molar-refractivity contribution in [3.8, 4) is 11.1 Å². The first-order chi connectivity index (χ1) is 12.7. The second-order valence-electron chi connectivity index (χ2n) is 6.91. The molecule has 0 aliphatic heterocycles. The number of alkyl halides is 2. The third-order valence-electron chi connectivity index (χ3n) is 4.77. The fourth-order valence-corrected chi connectivity index (χ4v) is 4.70. The van der Waals surface area contributed by atoms with Gasteiger partial charge in [0.25, 0.3) is 0 Å². The van der Waals surface area contributed by atoms with Crippen LogP contribution in [0.3, 0.4) is 0 Å². The lowest BCUT2D eigenvalue weighted by Gasteiger charge is -2.13. The van der Waals surface area contributed by atoms with E-state index >= 15 is 0 Å². The molecule has 0 unspecified atom stereocenters. The average molecular weight is 426 g/mol. The molecule has 1 aromatic carbocycles. The predicted octanol–water partition coefficient (Wildman–Crippen LogP) is 5.81. The number of hydrogen-bond donors (Lipinski definition) is 1. The van der Waals surface area contributed by atoms with Gasteiger partial charge in [0.05, 0.1) is 12.0 Å². The first-order valence-corrected chi connectivity index (χ1v) is 10.3. The minimum Gasteiger partial charge on any atom is -0.462 e. The summed E-state index contributed by atoms with van der Waals surface area (Å²) in [5.74, 6) is -0.739. The van der Waals surface area contributed by atoms with E-state index in [1.807, 2.05) is 44.2 Å². The van der Waals surface area contributed by atoms with Crippen LogP contribution in [0, 0.1) is 12.3 Å².